The van der Waals surface area contributed by atoms with E-state index in [1.54, 1.807) is 61.7 Å². The van der Waals surface area contributed by atoms with Gasteiger partial charge in [-0.15, -0.1) is 0 Å². The molecular weight excluding hydrogens is 554 g/mol. The van der Waals surface area contributed by atoms with Crippen LogP contribution in [0.15, 0.2) is 90.9 Å². The van der Waals surface area contributed by atoms with Gasteiger partial charge in [-0.3, -0.25) is 9.59 Å². The van der Waals surface area contributed by atoms with Gasteiger partial charge in [0.15, 0.2) is 0 Å². The summed E-state index contributed by atoms with van der Waals surface area (Å²) < 4.78 is 33.7. The Kier molecular flexibility index (Phi) is 8.14. The lowest BCUT2D eigenvalue weighted by atomic mass is 10.1. The number of benzene rings is 3. The molecule has 0 radical (unpaired) electrons. The Morgan fingerprint density at radius 1 is 1.00 bits per heavy atom. The number of fused-ring (bicyclic) bond motifs is 2. The smallest absolute Gasteiger partial charge is 0.307 e. The molecule has 216 valence electrons. The number of carbonyl (C=O) groups is 2. The Bertz CT molecular complexity index is 1910. The number of rotatable bonds is 10. The Balaban J connectivity index is 1.46. The summed E-state index contributed by atoms with van der Waals surface area (Å²) in [5.41, 5.74) is 3.22. The number of methoxy groups -OCH3 is 1. The Labute approximate surface area is 243 Å². The van der Waals surface area contributed by atoms with Crippen LogP contribution in [0.5, 0.6) is 5.75 Å². The zero-order valence-corrected chi connectivity index (χ0v) is 24.2. The number of para-hydroxylation sites is 1. The van der Waals surface area contributed by atoms with Gasteiger partial charge in [0.05, 0.1) is 12.6 Å². The highest BCUT2D eigenvalue weighted by atomic mass is 32.2. The van der Waals surface area contributed by atoms with E-state index in [1.807, 2.05) is 24.4 Å². The van der Waals surface area contributed by atoms with Crippen molar-refractivity contribution in [3.63, 3.8) is 0 Å². The number of hydrogen-bond acceptors (Lipinski definition) is 5. The number of nitrogens with zero attached hydrogens (tertiary/aromatic N) is 2. The fraction of sp³-hybridized carbons (Fsp3) is 0.161. The van der Waals surface area contributed by atoms with Crippen LogP contribution >= 0.6 is 0 Å². The minimum atomic E-state index is -3.85. The summed E-state index contributed by atoms with van der Waals surface area (Å²) in [5, 5.41) is 7.22. The lowest BCUT2D eigenvalue weighted by molar-refractivity contribution is -0.117. The van der Waals surface area contributed by atoms with Crippen molar-refractivity contribution in [1.82, 2.24) is 23.9 Å². The zero-order chi connectivity index (χ0) is 29.9. The molecule has 2 amide bonds. The largest absolute Gasteiger partial charge is 0.497 e. The third kappa shape index (κ3) is 5.78. The molecule has 0 unspecified atom stereocenters. The molecule has 0 aliphatic carbocycles. The SMILES string of the molecule is COc1ccc2[nH]cc(CCNC(=O)/C(=C/c3cn(S(=O)(=O)N(C)C)c4ccccc34)NC(=O)c3ccccc3)c2c1. The van der Waals surface area contributed by atoms with Gasteiger partial charge in [0.1, 0.15) is 11.4 Å². The molecule has 5 aromatic rings. The Morgan fingerprint density at radius 2 is 1.74 bits per heavy atom. The van der Waals surface area contributed by atoms with Crippen molar-refractivity contribution in [3.8, 4) is 5.75 Å². The summed E-state index contributed by atoms with van der Waals surface area (Å²) in [5.74, 6) is -0.244. The van der Waals surface area contributed by atoms with Crippen molar-refractivity contribution in [2.75, 3.05) is 27.7 Å². The maximum Gasteiger partial charge on any atom is 0.307 e. The van der Waals surface area contributed by atoms with E-state index in [4.69, 9.17) is 4.74 Å². The molecule has 2 heterocycles. The highest BCUT2D eigenvalue weighted by molar-refractivity contribution is 7.87. The van der Waals surface area contributed by atoms with Gasteiger partial charge in [-0.1, -0.05) is 36.4 Å². The highest BCUT2D eigenvalue weighted by Crippen LogP contribution is 2.26. The van der Waals surface area contributed by atoms with Gasteiger partial charge in [-0.05, 0) is 54.5 Å². The lowest BCUT2D eigenvalue weighted by Crippen LogP contribution is -2.35. The van der Waals surface area contributed by atoms with E-state index in [9.17, 15) is 18.0 Å². The monoisotopic (exact) mass is 585 g/mol. The molecule has 3 aromatic carbocycles. The molecule has 0 fully saturated rings. The van der Waals surface area contributed by atoms with Crippen LogP contribution in [0.25, 0.3) is 27.9 Å². The first kappa shape index (κ1) is 28.7. The highest BCUT2D eigenvalue weighted by Gasteiger charge is 2.22. The number of aromatic amines is 1. The summed E-state index contributed by atoms with van der Waals surface area (Å²) in [6.07, 6.45) is 5.36. The average Bonchev–Trinajstić information content (AvgIpc) is 3.58. The number of H-pyrrole nitrogens is 1. The van der Waals surface area contributed by atoms with Gasteiger partial charge in [-0.25, -0.2) is 3.97 Å². The molecule has 42 heavy (non-hydrogen) atoms. The fourth-order valence-corrected chi connectivity index (χ4v) is 5.66. The third-order valence-corrected chi connectivity index (χ3v) is 8.62. The van der Waals surface area contributed by atoms with Crippen molar-refractivity contribution < 1.29 is 22.7 Å². The van der Waals surface area contributed by atoms with Crippen LogP contribution in [0.2, 0.25) is 0 Å². The Hall–Kier alpha value is -4.87. The Morgan fingerprint density at radius 3 is 2.48 bits per heavy atom. The van der Waals surface area contributed by atoms with Gasteiger partial charge >= 0.3 is 10.2 Å². The molecule has 0 saturated heterocycles. The van der Waals surface area contributed by atoms with E-state index in [0.29, 0.717) is 28.5 Å². The quantitative estimate of drug-likeness (QED) is 0.214. The van der Waals surface area contributed by atoms with E-state index < -0.39 is 22.0 Å². The van der Waals surface area contributed by atoms with E-state index in [-0.39, 0.29) is 12.2 Å². The molecule has 0 atom stereocenters. The fourth-order valence-electron chi connectivity index (χ4n) is 4.65. The van der Waals surface area contributed by atoms with Gasteiger partial charge in [0.25, 0.3) is 11.8 Å². The molecule has 0 saturated carbocycles. The molecule has 11 heteroatoms. The second-order valence-electron chi connectivity index (χ2n) is 9.80. The molecule has 0 aliphatic rings. The summed E-state index contributed by atoms with van der Waals surface area (Å²) in [6.45, 7) is 0.290. The summed E-state index contributed by atoms with van der Waals surface area (Å²) in [6, 6.07) is 21.3. The first-order valence-electron chi connectivity index (χ1n) is 13.2. The van der Waals surface area contributed by atoms with Crippen LogP contribution in [-0.4, -0.2) is 61.2 Å². The number of nitrogens with one attached hydrogen (secondary N) is 3. The first-order chi connectivity index (χ1) is 20.2. The summed E-state index contributed by atoms with van der Waals surface area (Å²) in [4.78, 5) is 29.8. The van der Waals surface area contributed by atoms with E-state index >= 15 is 0 Å². The molecule has 5 rings (SSSR count). The van der Waals surface area contributed by atoms with Crippen LogP contribution in [0, 0.1) is 0 Å². The maximum atomic E-state index is 13.5. The number of hydrogen-bond donors (Lipinski definition) is 3. The van der Waals surface area contributed by atoms with Crippen molar-refractivity contribution in [1.29, 1.82) is 0 Å². The van der Waals surface area contributed by atoms with E-state index in [0.717, 1.165) is 30.5 Å². The van der Waals surface area contributed by atoms with Crippen molar-refractivity contribution in [3.05, 3.63) is 108 Å². The normalized spacial score (nSPS) is 12.1. The van der Waals surface area contributed by atoms with Crippen molar-refractivity contribution in [2.24, 2.45) is 0 Å². The van der Waals surface area contributed by atoms with Crippen molar-refractivity contribution in [2.45, 2.75) is 6.42 Å². The molecule has 0 spiro atoms. The summed E-state index contributed by atoms with van der Waals surface area (Å²) in [7, 11) is 0.657. The zero-order valence-electron chi connectivity index (χ0n) is 23.4. The topological polar surface area (TPSA) is 126 Å². The van der Waals surface area contributed by atoms with Crippen molar-refractivity contribution >= 4 is 49.9 Å². The van der Waals surface area contributed by atoms with Gasteiger partial charge in [-0.2, -0.15) is 12.7 Å². The predicted octanol–water partition coefficient (Wildman–Crippen LogP) is 3.92. The van der Waals surface area contributed by atoms with Gasteiger partial charge in [0, 0.05) is 60.4 Å². The second-order valence-corrected chi connectivity index (χ2v) is 11.8. The van der Waals surface area contributed by atoms with E-state index in [2.05, 4.69) is 15.6 Å². The minimum absolute atomic E-state index is 0.0189. The summed E-state index contributed by atoms with van der Waals surface area (Å²) >= 11 is 0. The molecule has 0 bridgehead atoms. The predicted molar refractivity (Wildman–Crippen MR) is 163 cm³/mol. The number of carbonyl (C=O) groups excluding carboxylic acids is 2. The van der Waals surface area contributed by atoms with Crippen LogP contribution < -0.4 is 15.4 Å². The molecule has 10 nitrogen and oxygen atoms in total. The first-order valence-corrected chi connectivity index (χ1v) is 14.6. The van der Waals surface area contributed by atoms with Crippen LogP contribution in [0.1, 0.15) is 21.5 Å². The molecule has 3 N–H and O–H groups in total. The standard InChI is InChI=1S/C31H31N5O5S/c1-35(2)42(39,40)36-20-23(25-11-7-8-12-29(25)36)17-28(34-30(37)21-9-5-4-6-10-21)31(38)32-16-15-22-19-33-27-14-13-24(41-3)18-26(22)27/h4-14,17-20,33H,15-16H2,1-3H3,(H,32,38)(H,34,37)/b28-17-. The maximum absolute atomic E-state index is 13.5. The number of ether oxygens (including phenoxy) is 1. The lowest BCUT2D eigenvalue weighted by Gasteiger charge is -2.13. The van der Waals surface area contributed by atoms with Crippen LogP contribution in [-0.2, 0) is 21.4 Å². The third-order valence-electron chi connectivity index (χ3n) is 6.90. The number of aromatic nitrogens is 2. The number of amides is 2. The minimum Gasteiger partial charge on any atom is -0.497 e. The van der Waals surface area contributed by atoms with Gasteiger partial charge in [0.2, 0.25) is 0 Å². The van der Waals surface area contributed by atoms with E-state index in [1.165, 1.54) is 26.4 Å². The molecular formula is C31H31N5O5S. The van der Waals surface area contributed by atoms with Crippen LogP contribution in [0.4, 0.5) is 0 Å². The average molecular weight is 586 g/mol. The van der Waals surface area contributed by atoms with Crippen LogP contribution in [0.3, 0.4) is 0 Å². The second kappa shape index (κ2) is 11.9. The molecule has 2 aromatic heterocycles. The molecule has 0 aliphatic heterocycles. The van der Waals surface area contributed by atoms with Gasteiger partial charge < -0.3 is 20.4 Å².